The van der Waals surface area contributed by atoms with Gasteiger partial charge in [-0.1, -0.05) is 23.8 Å². The summed E-state index contributed by atoms with van der Waals surface area (Å²) in [5.74, 6) is 0.308. The van der Waals surface area contributed by atoms with Gasteiger partial charge in [0.25, 0.3) is 0 Å². The highest BCUT2D eigenvalue weighted by atomic mass is 32.2. The van der Waals surface area contributed by atoms with Crippen molar-refractivity contribution >= 4 is 10.0 Å². The van der Waals surface area contributed by atoms with E-state index in [1.165, 1.54) is 0 Å². The number of benzene rings is 2. The van der Waals surface area contributed by atoms with Crippen LogP contribution in [0.2, 0.25) is 0 Å². The van der Waals surface area contributed by atoms with Gasteiger partial charge in [0.1, 0.15) is 5.75 Å². The lowest BCUT2D eigenvalue weighted by Crippen LogP contribution is -2.48. The number of rotatable bonds is 4. The molecule has 2 aromatic carbocycles. The molecule has 6 heteroatoms. The third-order valence-corrected chi connectivity index (χ3v) is 6.99. The van der Waals surface area contributed by atoms with E-state index in [4.69, 9.17) is 0 Å². The lowest BCUT2D eigenvalue weighted by Gasteiger charge is -2.34. The standard InChI is InChI=1S/C20H26N2O3S/c1-15-4-6-19(7-5-15)26(24,25)22-10-8-21(9-11-22)14-18-12-16(2)17(3)13-20(18)23/h4-7,12-13,23H,8-11,14H2,1-3H3. The second kappa shape index (κ2) is 7.39. The van der Waals surface area contributed by atoms with Gasteiger partial charge in [0.05, 0.1) is 4.90 Å². The van der Waals surface area contributed by atoms with Gasteiger partial charge in [0.2, 0.25) is 10.0 Å². The van der Waals surface area contributed by atoms with E-state index < -0.39 is 10.0 Å². The van der Waals surface area contributed by atoms with Gasteiger partial charge >= 0.3 is 0 Å². The van der Waals surface area contributed by atoms with Crippen molar-refractivity contribution < 1.29 is 13.5 Å². The Morgan fingerprint density at radius 2 is 1.50 bits per heavy atom. The van der Waals surface area contributed by atoms with E-state index in [9.17, 15) is 13.5 Å². The molecule has 0 aliphatic carbocycles. The number of nitrogens with zero attached hydrogens (tertiary/aromatic N) is 2. The summed E-state index contributed by atoms with van der Waals surface area (Å²) >= 11 is 0. The number of aromatic hydroxyl groups is 1. The Bertz CT molecular complexity index is 884. The second-order valence-electron chi connectivity index (χ2n) is 7.06. The van der Waals surface area contributed by atoms with Crippen LogP contribution in [-0.2, 0) is 16.6 Å². The molecule has 1 N–H and O–H groups in total. The minimum absolute atomic E-state index is 0.308. The first-order valence-corrected chi connectivity index (χ1v) is 10.3. The van der Waals surface area contributed by atoms with Crippen LogP contribution in [0, 0.1) is 20.8 Å². The third-order valence-electron chi connectivity index (χ3n) is 5.08. The Kier molecular flexibility index (Phi) is 5.37. The van der Waals surface area contributed by atoms with Crippen molar-refractivity contribution in [3.05, 3.63) is 58.7 Å². The molecule has 1 fully saturated rings. The average Bonchev–Trinajstić information content (AvgIpc) is 2.60. The SMILES string of the molecule is Cc1ccc(S(=O)(=O)N2CCN(Cc3cc(C)c(C)cc3O)CC2)cc1. The van der Waals surface area contributed by atoms with Crippen molar-refractivity contribution in [3.63, 3.8) is 0 Å². The van der Waals surface area contributed by atoms with Gasteiger partial charge in [-0.2, -0.15) is 4.31 Å². The Morgan fingerprint density at radius 3 is 2.12 bits per heavy atom. The van der Waals surface area contributed by atoms with Crippen LogP contribution in [0.3, 0.4) is 0 Å². The maximum Gasteiger partial charge on any atom is 0.243 e. The summed E-state index contributed by atoms with van der Waals surface area (Å²) in [5.41, 5.74) is 4.16. The number of phenolic OH excluding ortho intramolecular Hbond substituents is 1. The molecule has 2 aromatic rings. The van der Waals surface area contributed by atoms with Crippen LogP contribution in [0.1, 0.15) is 22.3 Å². The molecule has 1 aliphatic rings. The fourth-order valence-electron chi connectivity index (χ4n) is 3.22. The molecule has 1 aliphatic heterocycles. The fourth-order valence-corrected chi connectivity index (χ4v) is 4.64. The highest BCUT2D eigenvalue weighted by Crippen LogP contribution is 2.24. The highest BCUT2D eigenvalue weighted by molar-refractivity contribution is 7.89. The van der Waals surface area contributed by atoms with Gasteiger partial charge in [-0.05, 0) is 50.1 Å². The van der Waals surface area contributed by atoms with Crippen LogP contribution < -0.4 is 0 Å². The van der Waals surface area contributed by atoms with Crippen molar-refractivity contribution in [1.29, 1.82) is 0 Å². The minimum atomic E-state index is -3.44. The first-order valence-electron chi connectivity index (χ1n) is 8.85. The zero-order valence-electron chi connectivity index (χ0n) is 15.6. The number of sulfonamides is 1. The Labute approximate surface area is 155 Å². The normalized spacial score (nSPS) is 16.7. The predicted octanol–water partition coefficient (Wildman–Crippen LogP) is 2.82. The molecule has 3 rings (SSSR count). The monoisotopic (exact) mass is 374 g/mol. The smallest absolute Gasteiger partial charge is 0.243 e. The van der Waals surface area contributed by atoms with Crippen molar-refractivity contribution in [2.75, 3.05) is 26.2 Å². The predicted molar refractivity (Wildman–Crippen MR) is 103 cm³/mol. The van der Waals surface area contributed by atoms with Crippen molar-refractivity contribution in [2.45, 2.75) is 32.2 Å². The number of hydrogen-bond donors (Lipinski definition) is 1. The van der Waals surface area contributed by atoms with Crippen molar-refractivity contribution in [1.82, 2.24) is 9.21 Å². The summed E-state index contributed by atoms with van der Waals surface area (Å²) in [6.45, 7) is 8.80. The first kappa shape index (κ1) is 18.9. The van der Waals surface area contributed by atoms with Crippen LogP contribution in [0.15, 0.2) is 41.3 Å². The summed E-state index contributed by atoms with van der Waals surface area (Å²) in [7, 11) is -3.44. The van der Waals surface area contributed by atoms with Gasteiger partial charge in [0.15, 0.2) is 0 Å². The van der Waals surface area contributed by atoms with Gasteiger partial charge in [0, 0.05) is 38.3 Å². The molecule has 5 nitrogen and oxygen atoms in total. The molecule has 0 aromatic heterocycles. The molecule has 0 unspecified atom stereocenters. The molecule has 1 heterocycles. The zero-order chi connectivity index (χ0) is 18.9. The molecular weight excluding hydrogens is 348 g/mol. The average molecular weight is 375 g/mol. The number of aryl methyl sites for hydroxylation is 3. The van der Waals surface area contributed by atoms with E-state index in [-0.39, 0.29) is 0 Å². The van der Waals surface area contributed by atoms with Crippen molar-refractivity contribution in [2.24, 2.45) is 0 Å². The Balaban J connectivity index is 1.66. The Morgan fingerprint density at radius 1 is 0.923 bits per heavy atom. The lowest BCUT2D eigenvalue weighted by atomic mass is 10.0. The van der Waals surface area contributed by atoms with E-state index in [0.29, 0.717) is 43.4 Å². The van der Waals surface area contributed by atoms with E-state index in [1.807, 2.05) is 39.0 Å². The van der Waals surface area contributed by atoms with Gasteiger partial charge in [-0.3, -0.25) is 4.90 Å². The molecule has 140 valence electrons. The maximum atomic E-state index is 12.8. The molecule has 0 atom stereocenters. The van der Waals surface area contributed by atoms with E-state index in [2.05, 4.69) is 4.90 Å². The summed E-state index contributed by atoms with van der Waals surface area (Å²) in [6.07, 6.45) is 0. The number of piperazine rings is 1. The zero-order valence-corrected chi connectivity index (χ0v) is 16.4. The highest BCUT2D eigenvalue weighted by Gasteiger charge is 2.28. The largest absolute Gasteiger partial charge is 0.508 e. The molecular formula is C20H26N2O3S. The molecule has 0 bridgehead atoms. The Hall–Kier alpha value is -1.89. The summed E-state index contributed by atoms with van der Waals surface area (Å²) in [4.78, 5) is 2.54. The number of phenols is 1. The molecule has 0 amide bonds. The van der Waals surface area contributed by atoms with Crippen LogP contribution in [-0.4, -0.2) is 48.9 Å². The maximum absolute atomic E-state index is 12.8. The molecule has 0 radical (unpaired) electrons. The third kappa shape index (κ3) is 3.92. The van der Waals surface area contributed by atoms with Crippen LogP contribution in [0.25, 0.3) is 0 Å². The first-order chi connectivity index (χ1) is 12.3. The molecule has 1 saturated heterocycles. The molecule has 26 heavy (non-hydrogen) atoms. The topological polar surface area (TPSA) is 60.9 Å². The minimum Gasteiger partial charge on any atom is -0.508 e. The molecule has 0 spiro atoms. The van der Waals surface area contributed by atoms with E-state index in [1.54, 1.807) is 22.5 Å². The molecule has 0 saturated carbocycles. The summed E-state index contributed by atoms with van der Waals surface area (Å²) in [6, 6.07) is 10.8. The lowest BCUT2D eigenvalue weighted by molar-refractivity contribution is 0.180. The van der Waals surface area contributed by atoms with E-state index >= 15 is 0 Å². The van der Waals surface area contributed by atoms with Crippen molar-refractivity contribution in [3.8, 4) is 5.75 Å². The fraction of sp³-hybridized carbons (Fsp3) is 0.400. The van der Waals surface area contributed by atoms with Crippen LogP contribution >= 0.6 is 0 Å². The quantitative estimate of drug-likeness (QED) is 0.894. The van der Waals surface area contributed by atoms with Gasteiger partial charge < -0.3 is 5.11 Å². The van der Waals surface area contributed by atoms with Gasteiger partial charge in [-0.15, -0.1) is 0 Å². The van der Waals surface area contributed by atoms with Gasteiger partial charge in [-0.25, -0.2) is 8.42 Å². The van der Waals surface area contributed by atoms with Crippen LogP contribution in [0.4, 0.5) is 0 Å². The second-order valence-corrected chi connectivity index (χ2v) is 9.00. The van der Waals surface area contributed by atoms with E-state index in [0.717, 1.165) is 22.3 Å². The number of hydrogen-bond acceptors (Lipinski definition) is 4. The summed E-state index contributed by atoms with van der Waals surface area (Å²) in [5, 5.41) is 10.2. The van der Waals surface area contributed by atoms with Crippen LogP contribution in [0.5, 0.6) is 5.75 Å². The summed E-state index contributed by atoms with van der Waals surface area (Å²) < 4.78 is 27.1.